The van der Waals surface area contributed by atoms with Crippen molar-refractivity contribution >= 4 is 27.3 Å². The summed E-state index contributed by atoms with van der Waals surface area (Å²) in [7, 11) is -3.34. The van der Waals surface area contributed by atoms with Crippen LogP contribution in [0.2, 0.25) is 0 Å². The monoisotopic (exact) mass is 416 g/mol. The number of carbonyl (C=O) groups excluding carboxylic acids is 1. The molecule has 0 radical (unpaired) electrons. The second-order valence-electron chi connectivity index (χ2n) is 7.12. The molecular weight excluding hydrogens is 388 g/mol. The van der Waals surface area contributed by atoms with Crippen molar-refractivity contribution < 1.29 is 17.9 Å². The predicted octanol–water partition coefficient (Wildman–Crippen LogP) is 4.44. The minimum absolute atomic E-state index is 0.0313. The number of benzene rings is 2. The topological polar surface area (TPSA) is 75.7 Å². The number of carbonyl (C=O) groups is 1. The van der Waals surface area contributed by atoms with Crippen molar-refractivity contribution in [1.82, 2.24) is 0 Å². The van der Waals surface area contributed by atoms with E-state index in [2.05, 4.69) is 5.32 Å². The zero-order valence-corrected chi connectivity index (χ0v) is 17.7. The highest BCUT2D eigenvalue weighted by molar-refractivity contribution is 7.92. The second-order valence-corrected chi connectivity index (χ2v) is 9.30. The Hall–Kier alpha value is -2.54. The van der Waals surface area contributed by atoms with Crippen LogP contribution < -0.4 is 14.4 Å². The van der Waals surface area contributed by atoms with Gasteiger partial charge in [-0.1, -0.05) is 0 Å². The van der Waals surface area contributed by atoms with Crippen LogP contribution in [0.5, 0.6) is 5.75 Å². The lowest BCUT2D eigenvalue weighted by Gasteiger charge is -2.22. The molecule has 0 bridgehead atoms. The van der Waals surface area contributed by atoms with E-state index in [0.717, 1.165) is 18.6 Å². The van der Waals surface area contributed by atoms with Crippen LogP contribution in [-0.2, 0) is 10.0 Å². The maximum atomic E-state index is 12.5. The van der Waals surface area contributed by atoms with Crippen molar-refractivity contribution in [1.29, 1.82) is 0 Å². The molecular formula is C22H28N2O4S. The van der Waals surface area contributed by atoms with E-state index in [0.29, 0.717) is 29.6 Å². The van der Waals surface area contributed by atoms with E-state index in [9.17, 15) is 13.2 Å². The molecule has 6 nitrogen and oxygen atoms in total. The van der Waals surface area contributed by atoms with E-state index in [-0.39, 0.29) is 11.7 Å². The third kappa shape index (κ3) is 5.29. The van der Waals surface area contributed by atoms with Gasteiger partial charge in [0.1, 0.15) is 5.75 Å². The molecule has 0 aromatic heterocycles. The van der Waals surface area contributed by atoms with Gasteiger partial charge in [-0.25, -0.2) is 8.42 Å². The standard InChI is InChI=1S/C22H28N2O4S/c1-3-24(29(26,27)4-2)19-13-9-17(10-14-19)22(25)23-18-11-15-21(16-12-18)28-20-7-5-6-8-20/h9-16,20H,3-8H2,1-2H3,(H,23,25). The van der Waals surface area contributed by atoms with E-state index >= 15 is 0 Å². The number of hydrogen-bond acceptors (Lipinski definition) is 4. The molecule has 0 aliphatic heterocycles. The van der Waals surface area contributed by atoms with Crippen LogP contribution in [0, 0.1) is 0 Å². The van der Waals surface area contributed by atoms with Crippen LogP contribution >= 0.6 is 0 Å². The summed E-state index contributed by atoms with van der Waals surface area (Å²) in [6.07, 6.45) is 4.94. The molecule has 156 valence electrons. The highest BCUT2D eigenvalue weighted by Gasteiger charge is 2.19. The molecule has 29 heavy (non-hydrogen) atoms. The number of amides is 1. The molecule has 0 saturated heterocycles. The zero-order chi connectivity index (χ0) is 20.9. The van der Waals surface area contributed by atoms with Gasteiger partial charge in [-0.15, -0.1) is 0 Å². The number of ether oxygens (including phenoxy) is 1. The Morgan fingerprint density at radius 1 is 1.03 bits per heavy atom. The summed E-state index contributed by atoms with van der Waals surface area (Å²) in [5.74, 6) is 0.599. The third-order valence-corrected chi connectivity index (χ3v) is 6.99. The first-order valence-electron chi connectivity index (χ1n) is 10.1. The zero-order valence-electron chi connectivity index (χ0n) is 16.9. The van der Waals surface area contributed by atoms with E-state index in [1.54, 1.807) is 38.1 Å². The van der Waals surface area contributed by atoms with Gasteiger partial charge in [0, 0.05) is 17.8 Å². The third-order valence-electron chi connectivity index (χ3n) is 5.12. The number of rotatable bonds is 8. The minimum atomic E-state index is -3.34. The molecule has 0 unspecified atom stereocenters. The summed E-state index contributed by atoms with van der Waals surface area (Å²) in [6.45, 7) is 3.74. The smallest absolute Gasteiger partial charge is 0.255 e. The van der Waals surface area contributed by atoms with Crippen molar-refractivity contribution in [2.45, 2.75) is 45.6 Å². The van der Waals surface area contributed by atoms with Crippen LogP contribution in [-0.4, -0.2) is 32.7 Å². The highest BCUT2D eigenvalue weighted by Crippen LogP contribution is 2.25. The fourth-order valence-electron chi connectivity index (χ4n) is 3.49. The van der Waals surface area contributed by atoms with Gasteiger partial charge >= 0.3 is 0 Å². The largest absolute Gasteiger partial charge is 0.490 e. The van der Waals surface area contributed by atoms with Gasteiger partial charge in [0.25, 0.3) is 5.91 Å². The van der Waals surface area contributed by atoms with Crippen molar-refractivity contribution in [2.24, 2.45) is 0 Å². The Balaban J connectivity index is 1.63. The van der Waals surface area contributed by atoms with Gasteiger partial charge in [-0.05, 0) is 88.1 Å². The Bertz CT molecular complexity index is 918. The summed E-state index contributed by atoms with van der Waals surface area (Å²) >= 11 is 0. The van der Waals surface area contributed by atoms with E-state index in [1.165, 1.54) is 17.1 Å². The van der Waals surface area contributed by atoms with Crippen LogP contribution in [0.25, 0.3) is 0 Å². The molecule has 2 aromatic rings. The van der Waals surface area contributed by atoms with Crippen LogP contribution in [0.4, 0.5) is 11.4 Å². The molecule has 3 rings (SSSR count). The maximum absolute atomic E-state index is 12.5. The van der Waals surface area contributed by atoms with Crippen LogP contribution in [0.1, 0.15) is 49.9 Å². The molecule has 1 fully saturated rings. The van der Waals surface area contributed by atoms with E-state index in [1.807, 2.05) is 24.3 Å². The Morgan fingerprint density at radius 3 is 2.21 bits per heavy atom. The number of anilines is 2. The fourth-order valence-corrected chi connectivity index (χ4v) is 4.64. The lowest BCUT2D eigenvalue weighted by molar-refractivity contribution is 0.102. The van der Waals surface area contributed by atoms with Crippen molar-refractivity contribution in [3.05, 3.63) is 54.1 Å². The van der Waals surface area contributed by atoms with E-state index in [4.69, 9.17) is 4.74 Å². The van der Waals surface area contributed by atoms with Gasteiger partial charge in [0.05, 0.1) is 17.5 Å². The molecule has 7 heteroatoms. The normalized spacial score (nSPS) is 14.6. The highest BCUT2D eigenvalue weighted by atomic mass is 32.2. The van der Waals surface area contributed by atoms with Crippen molar-refractivity contribution in [3.63, 3.8) is 0 Å². The molecule has 0 atom stereocenters. The fraction of sp³-hybridized carbons (Fsp3) is 0.409. The van der Waals surface area contributed by atoms with Crippen LogP contribution in [0.3, 0.4) is 0 Å². The molecule has 0 spiro atoms. The van der Waals surface area contributed by atoms with Gasteiger partial charge in [0.2, 0.25) is 10.0 Å². The SMILES string of the molecule is CCN(c1ccc(C(=O)Nc2ccc(OC3CCCC3)cc2)cc1)S(=O)(=O)CC. The summed E-state index contributed by atoms with van der Waals surface area (Å²) in [6, 6.07) is 14.0. The second kappa shape index (κ2) is 9.31. The first-order chi connectivity index (χ1) is 13.9. The van der Waals surface area contributed by atoms with Gasteiger partial charge in [-0.3, -0.25) is 9.10 Å². The summed E-state index contributed by atoms with van der Waals surface area (Å²) in [5.41, 5.74) is 1.70. The first kappa shape index (κ1) is 21.2. The van der Waals surface area contributed by atoms with Crippen molar-refractivity contribution in [2.75, 3.05) is 21.9 Å². The quantitative estimate of drug-likeness (QED) is 0.690. The summed E-state index contributed by atoms with van der Waals surface area (Å²) < 4.78 is 31.6. The Kier molecular flexibility index (Phi) is 6.79. The lowest BCUT2D eigenvalue weighted by atomic mass is 10.2. The molecule has 2 aromatic carbocycles. The minimum Gasteiger partial charge on any atom is -0.490 e. The summed E-state index contributed by atoms with van der Waals surface area (Å²) in [4.78, 5) is 12.5. The van der Waals surface area contributed by atoms with Crippen molar-refractivity contribution in [3.8, 4) is 5.75 Å². The maximum Gasteiger partial charge on any atom is 0.255 e. The predicted molar refractivity (Wildman–Crippen MR) is 116 cm³/mol. The number of nitrogens with one attached hydrogen (secondary N) is 1. The molecule has 0 heterocycles. The molecule has 1 aliphatic carbocycles. The molecule has 1 saturated carbocycles. The number of nitrogens with zero attached hydrogens (tertiary/aromatic N) is 1. The van der Waals surface area contributed by atoms with Gasteiger partial charge in [-0.2, -0.15) is 0 Å². The van der Waals surface area contributed by atoms with Gasteiger partial charge in [0.15, 0.2) is 0 Å². The lowest BCUT2D eigenvalue weighted by Crippen LogP contribution is -2.32. The van der Waals surface area contributed by atoms with Crippen LogP contribution in [0.15, 0.2) is 48.5 Å². The van der Waals surface area contributed by atoms with Gasteiger partial charge < -0.3 is 10.1 Å². The van der Waals surface area contributed by atoms with E-state index < -0.39 is 10.0 Å². The molecule has 1 amide bonds. The number of sulfonamides is 1. The number of hydrogen-bond donors (Lipinski definition) is 1. The molecule has 1 aliphatic rings. The average Bonchev–Trinajstić information content (AvgIpc) is 3.23. The summed E-state index contributed by atoms with van der Waals surface area (Å²) in [5, 5.41) is 2.86. The average molecular weight is 417 g/mol. The molecule has 1 N–H and O–H groups in total. The Morgan fingerprint density at radius 2 is 1.66 bits per heavy atom. The Labute approximate surface area is 172 Å². The first-order valence-corrected chi connectivity index (χ1v) is 11.7.